The highest BCUT2D eigenvalue weighted by atomic mass is 28.4. The van der Waals surface area contributed by atoms with Crippen LogP contribution in [-0.4, -0.2) is 8.32 Å². The van der Waals surface area contributed by atoms with E-state index in [0.717, 1.165) is 5.76 Å². The Kier molecular flexibility index (Phi) is 6.65. The van der Waals surface area contributed by atoms with Crippen molar-refractivity contribution in [2.75, 3.05) is 0 Å². The first-order valence-electron chi connectivity index (χ1n) is 5.89. The molecule has 0 saturated heterocycles. The van der Waals surface area contributed by atoms with E-state index in [2.05, 4.69) is 46.1 Å². The summed E-state index contributed by atoms with van der Waals surface area (Å²) in [6.07, 6.45) is 7.92. The van der Waals surface area contributed by atoms with Crippen molar-refractivity contribution >= 4 is 8.32 Å². The lowest BCUT2D eigenvalue weighted by Gasteiger charge is -2.20. The van der Waals surface area contributed by atoms with Crippen molar-refractivity contribution in [3.05, 3.63) is 24.5 Å². The molecule has 0 fully saturated rings. The van der Waals surface area contributed by atoms with Crippen LogP contribution in [0.3, 0.4) is 0 Å². The molecule has 0 aliphatic heterocycles. The Hall–Kier alpha value is -0.503. The molecule has 0 amide bonds. The van der Waals surface area contributed by atoms with Crippen LogP contribution >= 0.6 is 0 Å². The summed E-state index contributed by atoms with van der Waals surface area (Å²) in [4.78, 5) is 0. The molecule has 0 rings (SSSR count). The van der Waals surface area contributed by atoms with E-state index in [1.54, 1.807) is 0 Å². The summed E-state index contributed by atoms with van der Waals surface area (Å²) in [7, 11) is -1.43. The second kappa shape index (κ2) is 6.89. The van der Waals surface area contributed by atoms with Gasteiger partial charge in [0.1, 0.15) is 0 Å². The van der Waals surface area contributed by atoms with Crippen LogP contribution in [0.25, 0.3) is 0 Å². The Labute approximate surface area is 96.4 Å². The second-order valence-corrected chi connectivity index (χ2v) is 9.46. The Bertz CT molecular complexity index is 213. The van der Waals surface area contributed by atoms with Crippen molar-refractivity contribution in [3.63, 3.8) is 0 Å². The SMILES string of the molecule is C=CC(/C=C(\C)O[Si](C)(C)C)CCCC. The van der Waals surface area contributed by atoms with E-state index in [-0.39, 0.29) is 0 Å². The number of hydrogen-bond donors (Lipinski definition) is 0. The topological polar surface area (TPSA) is 9.23 Å². The smallest absolute Gasteiger partial charge is 0.241 e. The zero-order valence-corrected chi connectivity index (χ0v) is 12.0. The first-order chi connectivity index (χ1) is 6.89. The van der Waals surface area contributed by atoms with Crippen LogP contribution in [0.1, 0.15) is 33.1 Å². The van der Waals surface area contributed by atoms with Gasteiger partial charge in [-0.25, -0.2) is 0 Å². The molecule has 1 unspecified atom stereocenters. The maximum Gasteiger partial charge on any atom is 0.241 e. The molecule has 0 aliphatic rings. The van der Waals surface area contributed by atoms with Crippen LogP contribution in [0.4, 0.5) is 0 Å². The van der Waals surface area contributed by atoms with Gasteiger partial charge in [0.15, 0.2) is 0 Å². The van der Waals surface area contributed by atoms with E-state index in [0.29, 0.717) is 5.92 Å². The Morgan fingerprint density at radius 3 is 2.40 bits per heavy atom. The standard InChI is InChI=1S/C13H26OSi/c1-7-9-10-13(8-2)11-12(3)14-15(4,5)6/h8,11,13H,2,7,9-10H2,1,3-6H3/b12-11+. The van der Waals surface area contributed by atoms with Crippen LogP contribution in [0.2, 0.25) is 19.6 Å². The van der Waals surface area contributed by atoms with E-state index in [1.165, 1.54) is 19.3 Å². The number of hydrogen-bond acceptors (Lipinski definition) is 1. The molecule has 0 aliphatic carbocycles. The third-order valence-electron chi connectivity index (χ3n) is 2.11. The maximum atomic E-state index is 5.90. The molecule has 0 aromatic rings. The average molecular weight is 226 g/mol. The molecule has 0 N–H and O–H groups in total. The van der Waals surface area contributed by atoms with Gasteiger partial charge >= 0.3 is 0 Å². The Morgan fingerprint density at radius 1 is 1.40 bits per heavy atom. The van der Waals surface area contributed by atoms with Crippen molar-refractivity contribution in [1.29, 1.82) is 0 Å². The number of unbranched alkanes of at least 4 members (excludes halogenated alkanes) is 1. The van der Waals surface area contributed by atoms with E-state index >= 15 is 0 Å². The fraction of sp³-hybridized carbons (Fsp3) is 0.692. The summed E-state index contributed by atoms with van der Waals surface area (Å²) in [5.41, 5.74) is 0. The minimum Gasteiger partial charge on any atom is -0.548 e. The van der Waals surface area contributed by atoms with Crippen LogP contribution in [-0.2, 0) is 4.43 Å². The minimum atomic E-state index is -1.43. The van der Waals surface area contributed by atoms with Crippen LogP contribution in [0.15, 0.2) is 24.5 Å². The molecule has 2 heteroatoms. The van der Waals surface area contributed by atoms with Gasteiger partial charge in [-0.1, -0.05) is 25.8 Å². The fourth-order valence-corrected chi connectivity index (χ4v) is 2.56. The van der Waals surface area contributed by atoms with Crippen LogP contribution in [0.5, 0.6) is 0 Å². The van der Waals surface area contributed by atoms with E-state index < -0.39 is 8.32 Å². The van der Waals surface area contributed by atoms with E-state index in [9.17, 15) is 0 Å². The second-order valence-electron chi connectivity index (χ2n) is 5.03. The lowest BCUT2D eigenvalue weighted by molar-refractivity contribution is 0.416. The maximum absolute atomic E-state index is 5.90. The number of rotatable bonds is 7. The highest BCUT2D eigenvalue weighted by molar-refractivity contribution is 6.70. The molecule has 15 heavy (non-hydrogen) atoms. The highest BCUT2D eigenvalue weighted by Crippen LogP contribution is 2.16. The van der Waals surface area contributed by atoms with Gasteiger partial charge in [0, 0.05) is 0 Å². The normalized spacial score (nSPS) is 14.9. The molecule has 0 heterocycles. The molecule has 88 valence electrons. The molecular weight excluding hydrogens is 200 g/mol. The zero-order valence-electron chi connectivity index (χ0n) is 11.0. The molecule has 0 spiro atoms. The van der Waals surface area contributed by atoms with Crippen molar-refractivity contribution in [3.8, 4) is 0 Å². The summed E-state index contributed by atoms with van der Waals surface area (Å²) in [6.45, 7) is 14.8. The molecular formula is C13H26OSi. The van der Waals surface area contributed by atoms with E-state index in [4.69, 9.17) is 4.43 Å². The van der Waals surface area contributed by atoms with Gasteiger partial charge in [0.2, 0.25) is 8.32 Å². The lowest BCUT2D eigenvalue weighted by Crippen LogP contribution is -2.24. The van der Waals surface area contributed by atoms with Gasteiger partial charge in [0.25, 0.3) is 0 Å². The highest BCUT2D eigenvalue weighted by Gasteiger charge is 2.16. The van der Waals surface area contributed by atoms with Crippen LogP contribution < -0.4 is 0 Å². The third-order valence-corrected chi connectivity index (χ3v) is 3.04. The molecule has 0 aromatic carbocycles. The van der Waals surface area contributed by atoms with Gasteiger partial charge in [0.05, 0.1) is 5.76 Å². The minimum absolute atomic E-state index is 0.473. The zero-order chi connectivity index (χ0) is 11.9. The van der Waals surface area contributed by atoms with E-state index in [1.807, 2.05) is 6.08 Å². The molecule has 1 atom stereocenters. The largest absolute Gasteiger partial charge is 0.548 e. The molecule has 0 radical (unpaired) electrons. The summed E-state index contributed by atoms with van der Waals surface area (Å²) in [5, 5.41) is 0. The summed E-state index contributed by atoms with van der Waals surface area (Å²) < 4.78 is 5.90. The lowest BCUT2D eigenvalue weighted by atomic mass is 10.0. The van der Waals surface area contributed by atoms with Crippen molar-refractivity contribution in [1.82, 2.24) is 0 Å². The average Bonchev–Trinajstić information content (AvgIpc) is 2.09. The molecule has 0 aromatic heterocycles. The first-order valence-corrected chi connectivity index (χ1v) is 9.30. The van der Waals surface area contributed by atoms with Crippen molar-refractivity contribution in [2.45, 2.75) is 52.8 Å². The molecule has 0 bridgehead atoms. The van der Waals surface area contributed by atoms with Gasteiger partial charge in [-0.05, 0) is 45.0 Å². The van der Waals surface area contributed by atoms with Crippen molar-refractivity contribution in [2.24, 2.45) is 5.92 Å². The summed E-state index contributed by atoms with van der Waals surface area (Å²) in [6, 6.07) is 0. The summed E-state index contributed by atoms with van der Waals surface area (Å²) >= 11 is 0. The first kappa shape index (κ1) is 14.5. The predicted octanol–water partition coefficient (Wildman–Crippen LogP) is 4.73. The molecule has 0 saturated carbocycles. The Morgan fingerprint density at radius 2 is 2.00 bits per heavy atom. The number of allylic oxidation sites excluding steroid dienone is 3. The van der Waals surface area contributed by atoms with Gasteiger partial charge < -0.3 is 4.43 Å². The predicted molar refractivity (Wildman–Crippen MR) is 71.4 cm³/mol. The van der Waals surface area contributed by atoms with Crippen molar-refractivity contribution < 1.29 is 4.43 Å². The quantitative estimate of drug-likeness (QED) is 0.346. The summed E-state index contributed by atoms with van der Waals surface area (Å²) in [5.74, 6) is 1.54. The fourth-order valence-electron chi connectivity index (χ4n) is 1.53. The Balaban J connectivity index is 4.22. The van der Waals surface area contributed by atoms with Gasteiger partial charge in [-0.2, -0.15) is 0 Å². The third kappa shape index (κ3) is 8.49. The van der Waals surface area contributed by atoms with Crippen LogP contribution in [0, 0.1) is 5.92 Å². The van der Waals surface area contributed by atoms with Gasteiger partial charge in [-0.15, -0.1) is 6.58 Å². The van der Waals surface area contributed by atoms with Gasteiger partial charge in [-0.3, -0.25) is 0 Å². The monoisotopic (exact) mass is 226 g/mol. The molecule has 1 nitrogen and oxygen atoms in total.